The quantitative estimate of drug-likeness (QED) is 0.247. The molecule has 0 atom stereocenters. The maximum Gasteiger partial charge on any atom is -1.00 e. The van der Waals surface area contributed by atoms with Crippen molar-refractivity contribution < 1.29 is 57.7 Å². The largest absolute Gasteiger partial charge is 1.00 e. The van der Waals surface area contributed by atoms with Gasteiger partial charge in [0.25, 0.3) is 0 Å². The van der Waals surface area contributed by atoms with Crippen molar-refractivity contribution in [3.8, 4) is 0 Å². The van der Waals surface area contributed by atoms with Crippen LogP contribution in [0.2, 0.25) is 0 Å². The molecule has 152 valence electrons. The fourth-order valence-electron chi connectivity index (χ4n) is 4.40. The van der Waals surface area contributed by atoms with Crippen LogP contribution in [0.25, 0.3) is 0 Å². The zero-order chi connectivity index (χ0) is 18.9. The Morgan fingerprint density at radius 3 is 1.17 bits per heavy atom. The van der Waals surface area contributed by atoms with E-state index >= 15 is 0 Å². The van der Waals surface area contributed by atoms with Crippen molar-refractivity contribution in [1.29, 1.82) is 0 Å². The molecule has 0 heterocycles. The van der Waals surface area contributed by atoms with Crippen molar-refractivity contribution in [2.75, 3.05) is 0 Å². The van der Waals surface area contributed by atoms with Gasteiger partial charge in [0, 0.05) is 0 Å². The van der Waals surface area contributed by atoms with Crippen molar-refractivity contribution in [3.63, 3.8) is 0 Å². The molecule has 3 aromatic carbocycles. The van der Waals surface area contributed by atoms with Gasteiger partial charge in [0.1, 0.15) is 0 Å². The molecule has 4 rings (SSSR count). The van der Waals surface area contributed by atoms with Crippen LogP contribution in [0.5, 0.6) is 0 Å². The minimum Gasteiger partial charge on any atom is -1.00 e. The molecular formula is C25H23Cl3SiTi. The summed E-state index contributed by atoms with van der Waals surface area (Å²) in [5, 5.41) is 6.05. The first-order chi connectivity index (χ1) is 13.2. The third-order valence-corrected chi connectivity index (χ3v) is 11.8. The molecule has 30 heavy (non-hydrogen) atoms. The van der Waals surface area contributed by atoms with Crippen molar-refractivity contribution in [2.24, 2.45) is 0 Å². The molecule has 0 aromatic heterocycles. The van der Waals surface area contributed by atoms with Crippen LogP contribution in [-0.4, -0.2) is 8.07 Å². The van der Waals surface area contributed by atoms with Crippen LogP contribution in [0, 0.1) is 0 Å². The van der Waals surface area contributed by atoms with E-state index in [0.717, 1.165) is 6.42 Å². The van der Waals surface area contributed by atoms with E-state index in [1.807, 2.05) is 0 Å². The Morgan fingerprint density at radius 1 is 0.567 bits per heavy atom. The molecule has 0 fully saturated rings. The molecule has 0 spiro atoms. The number of benzene rings is 3. The van der Waals surface area contributed by atoms with Crippen molar-refractivity contribution in [3.05, 3.63) is 111 Å². The van der Waals surface area contributed by atoms with Crippen LogP contribution in [-0.2, 0) is 20.4 Å². The van der Waals surface area contributed by atoms with E-state index in [1.54, 1.807) is 5.20 Å². The monoisotopic (exact) mass is 504 g/mol. The van der Waals surface area contributed by atoms with Crippen LogP contribution in [0.15, 0.2) is 111 Å². The first kappa shape index (κ1) is 27.0. The molecule has 0 unspecified atom stereocenters. The first-order valence-corrected chi connectivity index (χ1v) is 12.2. The van der Waals surface area contributed by atoms with Gasteiger partial charge in [-0.05, 0) is 0 Å². The van der Waals surface area contributed by atoms with Crippen LogP contribution in [0.3, 0.4) is 0 Å². The molecule has 3 aromatic rings. The molecule has 0 nitrogen and oxygen atoms in total. The zero-order valence-electron chi connectivity index (χ0n) is 17.0. The van der Waals surface area contributed by atoms with Gasteiger partial charge < -0.3 is 37.2 Å². The fraction of sp³-hybridized carbons (Fsp3) is 0.120. The van der Waals surface area contributed by atoms with Gasteiger partial charge in [0.2, 0.25) is 0 Å². The molecule has 0 N–H and O–H groups in total. The summed E-state index contributed by atoms with van der Waals surface area (Å²) in [7, 11) is -2.30. The topological polar surface area (TPSA) is 0 Å². The van der Waals surface area contributed by atoms with E-state index in [9.17, 15) is 0 Å². The number of rotatable bonds is 4. The number of hydrogen-bond donors (Lipinski definition) is 0. The van der Waals surface area contributed by atoms with Gasteiger partial charge in [-0.3, -0.25) is 0 Å². The SMILES string of the molecule is CC1=[C]([Ti+3])CC([Si](c2ccccc2)(c2ccccc2)c2ccccc2)=C1C.[Cl-].[Cl-].[Cl-]. The summed E-state index contributed by atoms with van der Waals surface area (Å²) in [6.45, 7) is 4.62. The smallest absolute Gasteiger partial charge is 1.00 e. The second kappa shape index (κ2) is 11.5. The maximum atomic E-state index is 2.34. The van der Waals surface area contributed by atoms with E-state index in [2.05, 4.69) is 125 Å². The summed E-state index contributed by atoms with van der Waals surface area (Å²) in [6, 6.07) is 33.6. The van der Waals surface area contributed by atoms with Crippen LogP contribution in [0.4, 0.5) is 0 Å². The summed E-state index contributed by atoms with van der Waals surface area (Å²) >= 11 is 2.30. The minimum absolute atomic E-state index is 0. The van der Waals surface area contributed by atoms with Gasteiger partial charge in [-0.15, -0.1) is 0 Å². The molecule has 0 bridgehead atoms. The normalized spacial score (nSPS) is 13.3. The van der Waals surface area contributed by atoms with E-state index < -0.39 is 8.07 Å². The van der Waals surface area contributed by atoms with Crippen molar-refractivity contribution in [2.45, 2.75) is 20.3 Å². The standard InChI is InChI=1S/C25H23Si.3ClH.Ti/c1-20-18-19-25(21(20)2)26(22-12-6-3-7-13-22,23-14-8-4-9-15-23)24-16-10-5-11-17-24;;;;/h3-17H,19H2,1-2H3;3*1H;/q;;;;+3/p-3. The van der Waals surface area contributed by atoms with E-state index in [0.29, 0.717) is 0 Å². The Kier molecular flexibility index (Phi) is 10.4. The molecule has 0 saturated carbocycles. The predicted molar refractivity (Wildman–Crippen MR) is 114 cm³/mol. The summed E-state index contributed by atoms with van der Waals surface area (Å²) in [5.74, 6) is 0. The second-order valence-electron chi connectivity index (χ2n) is 7.23. The Hall–Kier alpha value is -1.06. The van der Waals surface area contributed by atoms with Gasteiger partial charge in [0.05, 0.1) is 0 Å². The average molecular weight is 506 g/mol. The number of halogens is 3. The second-order valence-corrected chi connectivity index (χ2v) is 12.0. The molecule has 0 radical (unpaired) electrons. The summed E-state index contributed by atoms with van der Waals surface area (Å²) in [5.41, 5.74) is 2.97. The summed E-state index contributed by atoms with van der Waals surface area (Å²) in [4.78, 5) is 0. The van der Waals surface area contributed by atoms with Gasteiger partial charge in [-0.2, -0.15) is 0 Å². The average Bonchev–Trinajstić information content (AvgIpc) is 2.99. The zero-order valence-corrected chi connectivity index (χ0v) is 21.8. The molecule has 0 saturated heterocycles. The molecule has 1 aliphatic carbocycles. The predicted octanol–water partition coefficient (Wildman–Crippen LogP) is -4.75. The van der Waals surface area contributed by atoms with E-state index in [1.165, 1.54) is 30.6 Å². The van der Waals surface area contributed by atoms with E-state index in [4.69, 9.17) is 0 Å². The van der Waals surface area contributed by atoms with Crippen LogP contribution >= 0.6 is 0 Å². The Labute approximate surface area is 211 Å². The summed E-state index contributed by atoms with van der Waals surface area (Å²) in [6.07, 6.45) is 1.09. The van der Waals surface area contributed by atoms with Crippen molar-refractivity contribution >= 4 is 23.6 Å². The van der Waals surface area contributed by atoms with Gasteiger partial charge in [0.15, 0.2) is 0 Å². The Morgan fingerprint density at radius 2 is 0.900 bits per heavy atom. The first-order valence-electron chi connectivity index (χ1n) is 9.44. The maximum absolute atomic E-state index is 2.34. The molecular weight excluding hydrogens is 483 g/mol. The van der Waals surface area contributed by atoms with Crippen LogP contribution in [0.1, 0.15) is 20.3 Å². The number of hydrogen-bond acceptors (Lipinski definition) is 0. The number of allylic oxidation sites excluding steroid dienone is 4. The molecule has 0 aliphatic heterocycles. The summed E-state index contributed by atoms with van der Waals surface area (Å²) < 4.78 is 1.52. The fourth-order valence-corrected chi connectivity index (χ4v) is 10.6. The Balaban J connectivity index is 0.00000150. The van der Waals surface area contributed by atoms with Crippen molar-refractivity contribution in [1.82, 2.24) is 0 Å². The molecule has 1 aliphatic rings. The Bertz CT molecular complexity index is 919. The molecule has 0 amide bonds. The molecule has 5 heteroatoms. The van der Waals surface area contributed by atoms with Crippen LogP contribution < -0.4 is 52.8 Å². The van der Waals surface area contributed by atoms with E-state index in [-0.39, 0.29) is 37.2 Å². The van der Waals surface area contributed by atoms with Gasteiger partial charge >= 0.3 is 176 Å². The van der Waals surface area contributed by atoms with Gasteiger partial charge in [-0.25, -0.2) is 0 Å². The third kappa shape index (κ3) is 4.58. The third-order valence-electron chi connectivity index (χ3n) is 5.89. The van der Waals surface area contributed by atoms with Gasteiger partial charge in [-0.1, -0.05) is 0 Å². The minimum atomic E-state index is -2.30.